The molecule has 5 nitrogen and oxygen atoms in total. The first-order valence-corrected chi connectivity index (χ1v) is 5.93. The van der Waals surface area contributed by atoms with Crippen molar-refractivity contribution in [1.29, 1.82) is 0 Å². The topological polar surface area (TPSA) is 73.3 Å². The van der Waals surface area contributed by atoms with Gasteiger partial charge in [0.25, 0.3) is 0 Å². The van der Waals surface area contributed by atoms with Gasteiger partial charge in [0, 0.05) is 11.1 Å². The molecule has 0 radical (unpaired) electrons. The van der Waals surface area contributed by atoms with Crippen LogP contribution in [0.25, 0.3) is 11.1 Å². The van der Waals surface area contributed by atoms with E-state index in [4.69, 9.17) is 4.42 Å². The molecule has 1 aliphatic heterocycles. The standard InChI is InChI=1S/C15H9NO4/c17-14(10-5-2-1-3-6-10)15-12-8-4-7-11(12)9-13(20-15)16(18)19/h1-9H. The summed E-state index contributed by atoms with van der Waals surface area (Å²) >= 11 is 0. The van der Waals surface area contributed by atoms with Crippen LogP contribution in [0.5, 0.6) is 0 Å². The van der Waals surface area contributed by atoms with E-state index >= 15 is 0 Å². The fraction of sp³-hybridized carbons (Fsp3) is 0. The molecule has 1 heterocycles. The number of carbonyl (C=O) groups is 1. The van der Waals surface area contributed by atoms with Gasteiger partial charge in [-0.1, -0.05) is 48.5 Å². The molecule has 0 unspecified atom stereocenters. The zero-order chi connectivity index (χ0) is 14.1. The summed E-state index contributed by atoms with van der Waals surface area (Å²) < 4.78 is 5.18. The second-order valence-electron chi connectivity index (χ2n) is 4.26. The Kier molecular flexibility index (Phi) is 2.80. The van der Waals surface area contributed by atoms with Gasteiger partial charge in [0.15, 0.2) is 5.76 Å². The smallest absolute Gasteiger partial charge is 0.396 e. The fourth-order valence-corrected chi connectivity index (χ4v) is 2.07. The molecule has 3 rings (SSSR count). The Labute approximate surface area is 113 Å². The summed E-state index contributed by atoms with van der Waals surface area (Å²) in [5, 5.41) is 10.9. The molecule has 2 aliphatic rings. The quantitative estimate of drug-likeness (QED) is 0.413. The minimum absolute atomic E-state index is 0.00889. The van der Waals surface area contributed by atoms with Gasteiger partial charge in [-0.15, -0.1) is 0 Å². The van der Waals surface area contributed by atoms with E-state index < -0.39 is 10.8 Å². The highest BCUT2D eigenvalue weighted by Gasteiger charge is 2.24. The van der Waals surface area contributed by atoms with Gasteiger partial charge in [-0.2, -0.15) is 0 Å². The number of benzene rings is 1. The lowest BCUT2D eigenvalue weighted by atomic mass is 10.0. The lowest BCUT2D eigenvalue weighted by Gasteiger charge is -2.06. The third-order valence-corrected chi connectivity index (χ3v) is 3.00. The normalized spacial score (nSPS) is 10.6. The van der Waals surface area contributed by atoms with E-state index in [0.29, 0.717) is 16.7 Å². The molecule has 0 saturated heterocycles. The number of rotatable bonds is 3. The van der Waals surface area contributed by atoms with Gasteiger partial charge < -0.3 is 4.42 Å². The number of ketones is 1. The SMILES string of the molecule is O=C(c1ccccc1)c1oc([N+](=O)[O-])cc2cccc1-2. The Morgan fingerprint density at radius 3 is 2.50 bits per heavy atom. The van der Waals surface area contributed by atoms with E-state index in [1.165, 1.54) is 6.07 Å². The molecule has 0 atom stereocenters. The molecule has 5 heteroatoms. The van der Waals surface area contributed by atoms with Crippen LogP contribution in [0.15, 0.2) is 59.0 Å². The van der Waals surface area contributed by atoms with Gasteiger partial charge in [0.1, 0.15) is 4.92 Å². The van der Waals surface area contributed by atoms with Crippen LogP contribution in [0.2, 0.25) is 0 Å². The van der Waals surface area contributed by atoms with Crippen molar-refractivity contribution in [2.24, 2.45) is 0 Å². The van der Waals surface area contributed by atoms with Crippen LogP contribution in [0, 0.1) is 10.1 Å². The number of nitrogens with zero attached hydrogens (tertiary/aromatic N) is 1. The molecule has 0 bridgehead atoms. The van der Waals surface area contributed by atoms with E-state index in [9.17, 15) is 14.9 Å². The van der Waals surface area contributed by atoms with E-state index in [2.05, 4.69) is 0 Å². The zero-order valence-electron chi connectivity index (χ0n) is 10.3. The second-order valence-corrected chi connectivity index (χ2v) is 4.26. The average Bonchev–Trinajstić information content (AvgIpc) is 2.94. The summed E-state index contributed by atoms with van der Waals surface area (Å²) in [6.07, 6.45) is 0. The van der Waals surface area contributed by atoms with Gasteiger partial charge in [0.2, 0.25) is 5.78 Å². The molecule has 0 fully saturated rings. The largest absolute Gasteiger partial charge is 0.434 e. The number of hydrogen-bond donors (Lipinski definition) is 0. The molecule has 0 spiro atoms. The maximum absolute atomic E-state index is 12.4. The summed E-state index contributed by atoms with van der Waals surface area (Å²) in [5.74, 6) is -0.820. The van der Waals surface area contributed by atoms with Gasteiger partial charge in [-0.05, 0) is 5.56 Å². The van der Waals surface area contributed by atoms with Gasteiger partial charge in [-0.3, -0.25) is 14.9 Å². The Bertz CT molecular complexity index is 761. The third kappa shape index (κ3) is 1.95. The first-order chi connectivity index (χ1) is 9.66. The Morgan fingerprint density at radius 2 is 1.80 bits per heavy atom. The van der Waals surface area contributed by atoms with E-state index in [1.807, 2.05) is 0 Å². The molecule has 98 valence electrons. The van der Waals surface area contributed by atoms with Crippen LogP contribution >= 0.6 is 0 Å². The van der Waals surface area contributed by atoms with Crippen LogP contribution in [-0.2, 0) is 0 Å². The molecule has 20 heavy (non-hydrogen) atoms. The van der Waals surface area contributed by atoms with Crippen molar-refractivity contribution < 1.29 is 14.1 Å². The minimum Gasteiger partial charge on any atom is -0.396 e. The lowest BCUT2D eigenvalue weighted by Crippen LogP contribution is -2.04. The zero-order valence-corrected chi connectivity index (χ0v) is 10.3. The van der Waals surface area contributed by atoms with Crippen LogP contribution in [0.3, 0.4) is 0 Å². The van der Waals surface area contributed by atoms with Crippen molar-refractivity contribution in [3.8, 4) is 11.1 Å². The summed E-state index contributed by atoms with van der Waals surface area (Å²) in [6, 6.07) is 15.0. The van der Waals surface area contributed by atoms with E-state index in [-0.39, 0.29) is 11.5 Å². The Morgan fingerprint density at radius 1 is 1.05 bits per heavy atom. The fourth-order valence-electron chi connectivity index (χ4n) is 2.07. The molecule has 0 amide bonds. The van der Waals surface area contributed by atoms with Crippen molar-refractivity contribution in [3.05, 3.63) is 76.0 Å². The van der Waals surface area contributed by atoms with Crippen molar-refractivity contribution in [3.63, 3.8) is 0 Å². The van der Waals surface area contributed by atoms with E-state index in [1.54, 1.807) is 48.5 Å². The average molecular weight is 267 g/mol. The van der Waals surface area contributed by atoms with Crippen molar-refractivity contribution in [2.45, 2.75) is 0 Å². The predicted molar refractivity (Wildman–Crippen MR) is 71.9 cm³/mol. The number of hydrogen-bond acceptors (Lipinski definition) is 4. The van der Waals surface area contributed by atoms with Crippen LogP contribution in [-0.4, -0.2) is 10.7 Å². The highest BCUT2D eigenvalue weighted by Crippen LogP contribution is 2.33. The minimum atomic E-state index is -0.645. The molecule has 0 N–H and O–H groups in total. The van der Waals surface area contributed by atoms with Crippen molar-refractivity contribution in [2.75, 3.05) is 0 Å². The second kappa shape index (κ2) is 4.62. The molecule has 0 saturated carbocycles. The van der Waals surface area contributed by atoms with E-state index in [0.717, 1.165) is 0 Å². The van der Waals surface area contributed by atoms with Crippen molar-refractivity contribution >= 4 is 11.7 Å². The molecular formula is C15H9NO4. The van der Waals surface area contributed by atoms with Crippen LogP contribution < -0.4 is 0 Å². The highest BCUT2D eigenvalue weighted by atomic mass is 16.6. The first-order valence-electron chi connectivity index (χ1n) is 5.93. The van der Waals surface area contributed by atoms with Crippen LogP contribution in [0.4, 0.5) is 5.88 Å². The number of carbonyl (C=O) groups excluding carboxylic acids is 1. The first kappa shape index (κ1) is 12.1. The number of fused-ring (bicyclic) bond motifs is 1. The molecular weight excluding hydrogens is 258 g/mol. The number of nitro groups is 1. The monoisotopic (exact) mass is 267 g/mol. The Hall–Kier alpha value is -2.95. The highest BCUT2D eigenvalue weighted by molar-refractivity contribution is 6.11. The third-order valence-electron chi connectivity index (χ3n) is 3.00. The van der Waals surface area contributed by atoms with Crippen molar-refractivity contribution in [1.82, 2.24) is 0 Å². The molecule has 1 aromatic carbocycles. The lowest BCUT2D eigenvalue weighted by molar-refractivity contribution is -0.403. The van der Waals surface area contributed by atoms with Gasteiger partial charge in [-0.25, -0.2) is 0 Å². The van der Waals surface area contributed by atoms with Gasteiger partial charge in [0.05, 0.1) is 6.07 Å². The summed E-state index contributed by atoms with van der Waals surface area (Å²) in [7, 11) is 0. The Balaban J connectivity index is 2.18. The molecule has 1 aromatic rings. The molecule has 0 aromatic heterocycles. The molecule has 1 aliphatic carbocycles. The predicted octanol–water partition coefficient (Wildman–Crippen LogP) is 3.52. The van der Waals surface area contributed by atoms with Crippen LogP contribution in [0.1, 0.15) is 16.1 Å². The summed E-state index contributed by atoms with van der Waals surface area (Å²) in [6.45, 7) is 0. The maximum atomic E-state index is 12.4. The maximum Gasteiger partial charge on any atom is 0.434 e. The summed E-state index contributed by atoms with van der Waals surface area (Å²) in [4.78, 5) is 22.7. The summed E-state index contributed by atoms with van der Waals surface area (Å²) in [5.41, 5.74) is 1.62. The van der Waals surface area contributed by atoms with Gasteiger partial charge >= 0.3 is 5.88 Å².